The number of nitrogens with zero attached hydrogens (tertiary/aromatic N) is 4. The number of halogens is 1. The summed E-state index contributed by atoms with van der Waals surface area (Å²) in [7, 11) is 0. The SMILES string of the molecule is O=C(CSc1nnc(-c2ccccc2Br)n1Cc1ccccc1)N1CCCC1. The van der Waals surface area contributed by atoms with Gasteiger partial charge in [0.2, 0.25) is 5.91 Å². The molecule has 1 aromatic heterocycles. The zero-order chi connectivity index (χ0) is 19.3. The molecular formula is C21H21BrN4OS. The minimum Gasteiger partial charge on any atom is -0.342 e. The van der Waals surface area contributed by atoms with Gasteiger partial charge in [0.1, 0.15) is 0 Å². The maximum absolute atomic E-state index is 12.5. The van der Waals surface area contributed by atoms with Gasteiger partial charge in [-0.25, -0.2) is 0 Å². The van der Waals surface area contributed by atoms with Gasteiger partial charge in [0.05, 0.1) is 12.3 Å². The average Bonchev–Trinajstić information content (AvgIpc) is 3.38. The molecule has 1 fully saturated rings. The van der Waals surface area contributed by atoms with E-state index in [0.717, 1.165) is 46.9 Å². The quantitative estimate of drug-likeness (QED) is 0.513. The molecule has 0 saturated carbocycles. The highest BCUT2D eigenvalue weighted by molar-refractivity contribution is 9.10. The molecule has 0 aliphatic carbocycles. The Bertz CT molecular complexity index is 954. The molecule has 2 aromatic carbocycles. The molecule has 0 N–H and O–H groups in total. The van der Waals surface area contributed by atoms with Crippen LogP contribution in [0.5, 0.6) is 0 Å². The number of hydrogen-bond donors (Lipinski definition) is 0. The normalized spacial score (nSPS) is 13.8. The lowest BCUT2D eigenvalue weighted by molar-refractivity contribution is -0.127. The van der Waals surface area contributed by atoms with E-state index in [1.807, 2.05) is 47.4 Å². The van der Waals surface area contributed by atoms with Crippen molar-refractivity contribution in [2.24, 2.45) is 0 Å². The van der Waals surface area contributed by atoms with Crippen molar-refractivity contribution < 1.29 is 4.79 Å². The van der Waals surface area contributed by atoms with Crippen LogP contribution in [0.15, 0.2) is 64.2 Å². The van der Waals surface area contributed by atoms with E-state index in [1.54, 1.807) is 0 Å². The van der Waals surface area contributed by atoms with Gasteiger partial charge in [0, 0.05) is 23.1 Å². The second-order valence-corrected chi connectivity index (χ2v) is 8.53. The van der Waals surface area contributed by atoms with Crippen LogP contribution in [0.1, 0.15) is 18.4 Å². The van der Waals surface area contributed by atoms with Crippen molar-refractivity contribution in [3.05, 3.63) is 64.6 Å². The second kappa shape index (κ2) is 8.92. The summed E-state index contributed by atoms with van der Waals surface area (Å²) in [4.78, 5) is 14.4. The molecule has 0 radical (unpaired) electrons. The van der Waals surface area contributed by atoms with Crippen LogP contribution in [-0.2, 0) is 11.3 Å². The number of aromatic nitrogens is 3. The third-order valence-electron chi connectivity index (χ3n) is 4.80. The summed E-state index contributed by atoms with van der Waals surface area (Å²) >= 11 is 5.09. The summed E-state index contributed by atoms with van der Waals surface area (Å²) in [6, 6.07) is 18.3. The molecule has 0 spiro atoms. The summed E-state index contributed by atoms with van der Waals surface area (Å²) in [6.45, 7) is 2.40. The van der Waals surface area contributed by atoms with Gasteiger partial charge >= 0.3 is 0 Å². The molecule has 1 amide bonds. The van der Waals surface area contributed by atoms with Gasteiger partial charge < -0.3 is 4.90 Å². The van der Waals surface area contributed by atoms with Crippen LogP contribution >= 0.6 is 27.7 Å². The van der Waals surface area contributed by atoms with Crippen molar-refractivity contribution in [2.75, 3.05) is 18.8 Å². The molecule has 5 nitrogen and oxygen atoms in total. The minimum absolute atomic E-state index is 0.180. The van der Waals surface area contributed by atoms with Gasteiger partial charge in [-0.15, -0.1) is 10.2 Å². The number of benzene rings is 2. The number of thioether (sulfide) groups is 1. The van der Waals surface area contributed by atoms with E-state index in [0.29, 0.717) is 12.3 Å². The zero-order valence-electron chi connectivity index (χ0n) is 15.4. The molecule has 0 unspecified atom stereocenters. The smallest absolute Gasteiger partial charge is 0.233 e. The van der Waals surface area contributed by atoms with Crippen molar-refractivity contribution in [3.8, 4) is 11.4 Å². The van der Waals surface area contributed by atoms with Crippen molar-refractivity contribution in [2.45, 2.75) is 24.5 Å². The Kier molecular flexibility index (Phi) is 6.12. The Morgan fingerprint density at radius 2 is 1.71 bits per heavy atom. The Labute approximate surface area is 177 Å². The van der Waals surface area contributed by atoms with Gasteiger partial charge in [0.25, 0.3) is 0 Å². The van der Waals surface area contributed by atoms with Crippen LogP contribution < -0.4 is 0 Å². The van der Waals surface area contributed by atoms with Crippen molar-refractivity contribution in [1.82, 2.24) is 19.7 Å². The first-order valence-electron chi connectivity index (χ1n) is 9.35. The summed E-state index contributed by atoms with van der Waals surface area (Å²) in [6.07, 6.45) is 2.21. The molecule has 0 atom stereocenters. The maximum Gasteiger partial charge on any atom is 0.233 e. The van der Waals surface area contributed by atoms with Gasteiger partial charge in [-0.05, 0) is 24.5 Å². The number of likely N-dealkylation sites (tertiary alicyclic amines) is 1. The van der Waals surface area contributed by atoms with Gasteiger partial charge in [0.15, 0.2) is 11.0 Å². The predicted molar refractivity (Wildman–Crippen MR) is 115 cm³/mol. The molecule has 1 aliphatic heterocycles. The fourth-order valence-corrected chi connectivity index (χ4v) is 4.63. The lowest BCUT2D eigenvalue weighted by atomic mass is 10.2. The molecule has 1 aliphatic rings. The molecule has 1 saturated heterocycles. The number of rotatable bonds is 6. The molecule has 3 aromatic rings. The van der Waals surface area contributed by atoms with E-state index >= 15 is 0 Å². The van der Waals surface area contributed by atoms with E-state index in [4.69, 9.17) is 0 Å². The third-order valence-corrected chi connectivity index (χ3v) is 6.44. The standard InChI is InChI=1S/C21H21BrN4OS/c22-18-11-5-4-10-17(18)20-23-24-21(26(20)14-16-8-2-1-3-9-16)28-15-19(27)25-12-6-7-13-25/h1-5,8-11H,6-7,12-15H2. The van der Waals surface area contributed by atoms with Crippen molar-refractivity contribution in [3.63, 3.8) is 0 Å². The first kappa shape index (κ1) is 19.2. The van der Waals surface area contributed by atoms with Crippen LogP contribution in [-0.4, -0.2) is 44.4 Å². The molecule has 2 heterocycles. The highest BCUT2D eigenvalue weighted by Gasteiger charge is 2.21. The van der Waals surface area contributed by atoms with Crippen LogP contribution in [0.3, 0.4) is 0 Å². The highest BCUT2D eigenvalue weighted by atomic mass is 79.9. The second-order valence-electron chi connectivity index (χ2n) is 6.73. The molecule has 28 heavy (non-hydrogen) atoms. The van der Waals surface area contributed by atoms with Crippen LogP contribution in [0.4, 0.5) is 0 Å². The van der Waals surface area contributed by atoms with E-state index in [2.05, 4.69) is 42.8 Å². The first-order chi connectivity index (χ1) is 13.7. The highest BCUT2D eigenvalue weighted by Crippen LogP contribution is 2.30. The lowest BCUT2D eigenvalue weighted by Crippen LogP contribution is -2.29. The Morgan fingerprint density at radius 1 is 1.00 bits per heavy atom. The Balaban J connectivity index is 1.62. The molecule has 7 heteroatoms. The van der Waals surface area contributed by atoms with Crippen LogP contribution in [0, 0.1) is 0 Å². The summed E-state index contributed by atoms with van der Waals surface area (Å²) in [5.74, 6) is 1.37. The number of amides is 1. The topological polar surface area (TPSA) is 51.0 Å². The summed E-state index contributed by atoms with van der Waals surface area (Å²) < 4.78 is 3.07. The van der Waals surface area contributed by atoms with Crippen molar-refractivity contribution in [1.29, 1.82) is 0 Å². The number of hydrogen-bond acceptors (Lipinski definition) is 4. The van der Waals surface area contributed by atoms with Gasteiger partial charge in [-0.2, -0.15) is 0 Å². The van der Waals surface area contributed by atoms with Gasteiger partial charge in [-0.1, -0.05) is 76.2 Å². The Morgan fingerprint density at radius 3 is 2.46 bits per heavy atom. The van der Waals surface area contributed by atoms with Crippen LogP contribution in [0.25, 0.3) is 11.4 Å². The summed E-state index contributed by atoms with van der Waals surface area (Å²) in [5.41, 5.74) is 2.16. The van der Waals surface area contributed by atoms with E-state index in [1.165, 1.54) is 17.3 Å². The zero-order valence-corrected chi connectivity index (χ0v) is 17.8. The molecule has 4 rings (SSSR count). The average molecular weight is 457 g/mol. The molecular weight excluding hydrogens is 436 g/mol. The lowest BCUT2D eigenvalue weighted by Gasteiger charge is -2.15. The third kappa shape index (κ3) is 4.31. The summed E-state index contributed by atoms with van der Waals surface area (Å²) in [5, 5.41) is 9.63. The molecule has 0 bridgehead atoms. The number of carbonyl (C=O) groups excluding carboxylic acids is 1. The van der Waals surface area contributed by atoms with Crippen LogP contribution in [0.2, 0.25) is 0 Å². The van der Waals surface area contributed by atoms with Gasteiger partial charge in [-0.3, -0.25) is 9.36 Å². The van der Waals surface area contributed by atoms with E-state index in [-0.39, 0.29) is 5.91 Å². The maximum atomic E-state index is 12.5. The fourth-order valence-electron chi connectivity index (χ4n) is 3.33. The van der Waals surface area contributed by atoms with Crippen molar-refractivity contribution >= 4 is 33.6 Å². The first-order valence-corrected chi connectivity index (χ1v) is 11.1. The largest absolute Gasteiger partial charge is 0.342 e. The van der Waals surface area contributed by atoms with E-state index in [9.17, 15) is 4.79 Å². The molecule has 144 valence electrons. The monoisotopic (exact) mass is 456 g/mol. The Hall–Kier alpha value is -2.12. The predicted octanol–water partition coefficient (Wildman–Crippen LogP) is 4.47. The number of carbonyl (C=O) groups is 1. The minimum atomic E-state index is 0.180. The fraction of sp³-hybridized carbons (Fsp3) is 0.286. The van der Waals surface area contributed by atoms with E-state index < -0.39 is 0 Å².